The van der Waals surface area contributed by atoms with Crippen molar-refractivity contribution in [3.63, 3.8) is 0 Å². The Morgan fingerprint density at radius 1 is 1.36 bits per heavy atom. The molecule has 14 heavy (non-hydrogen) atoms. The van der Waals surface area contributed by atoms with Crippen LogP contribution in [-0.2, 0) is 4.79 Å². The van der Waals surface area contributed by atoms with E-state index >= 15 is 0 Å². The van der Waals surface area contributed by atoms with Gasteiger partial charge in [-0.15, -0.1) is 0 Å². The van der Waals surface area contributed by atoms with E-state index in [0.29, 0.717) is 5.92 Å². The number of hydrogen-bond donors (Lipinski definition) is 2. The highest BCUT2D eigenvalue weighted by molar-refractivity contribution is 5.94. The number of hydrogen-bond acceptors (Lipinski definition) is 2. The number of amides is 3. The number of imide groups is 1. The lowest BCUT2D eigenvalue weighted by atomic mass is 9.87. The van der Waals surface area contributed by atoms with Gasteiger partial charge in [0.25, 0.3) is 0 Å². The lowest BCUT2D eigenvalue weighted by Gasteiger charge is -2.20. The smallest absolute Gasteiger partial charge is 0.318 e. The molecule has 0 heterocycles. The Bertz CT molecular complexity index is 204. The molecule has 0 saturated heterocycles. The molecule has 0 aliphatic carbocycles. The van der Waals surface area contributed by atoms with Crippen LogP contribution in [0.2, 0.25) is 0 Å². The zero-order chi connectivity index (χ0) is 11.1. The molecule has 0 radical (unpaired) electrons. The van der Waals surface area contributed by atoms with Crippen LogP contribution in [0.25, 0.3) is 0 Å². The lowest BCUT2D eigenvalue weighted by molar-refractivity contribution is -0.125. The first-order valence-corrected chi connectivity index (χ1v) is 5.13. The summed E-state index contributed by atoms with van der Waals surface area (Å²) in [5.74, 6) is -0.0623. The van der Waals surface area contributed by atoms with Gasteiger partial charge in [0.05, 0.1) is 0 Å². The van der Waals surface area contributed by atoms with Gasteiger partial charge < -0.3 is 5.73 Å². The van der Waals surface area contributed by atoms with E-state index in [1.807, 2.05) is 13.8 Å². The highest BCUT2D eigenvalue weighted by Crippen LogP contribution is 2.20. The third-order valence-electron chi connectivity index (χ3n) is 2.45. The molecule has 0 saturated carbocycles. The van der Waals surface area contributed by atoms with Crippen molar-refractivity contribution in [3.8, 4) is 0 Å². The van der Waals surface area contributed by atoms with Crippen LogP contribution in [0.3, 0.4) is 0 Å². The van der Waals surface area contributed by atoms with Crippen LogP contribution in [0, 0.1) is 11.8 Å². The molecule has 0 aliphatic heterocycles. The van der Waals surface area contributed by atoms with E-state index < -0.39 is 6.03 Å². The highest BCUT2D eigenvalue weighted by Gasteiger charge is 2.23. The summed E-state index contributed by atoms with van der Waals surface area (Å²) in [5, 5.41) is 2.13. The minimum absolute atomic E-state index is 0.109. The first-order valence-electron chi connectivity index (χ1n) is 5.13. The van der Waals surface area contributed by atoms with E-state index in [4.69, 9.17) is 5.73 Å². The summed E-state index contributed by atoms with van der Waals surface area (Å²) in [6, 6.07) is -0.767. The maximum atomic E-state index is 11.5. The Labute approximate surface area is 85.2 Å². The van der Waals surface area contributed by atoms with Gasteiger partial charge in [-0.05, 0) is 12.3 Å². The predicted octanol–water partition coefficient (Wildman–Crippen LogP) is 1.64. The van der Waals surface area contributed by atoms with Gasteiger partial charge in [-0.2, -0.15) is 0 Å². The second kappa shape index (κ2) is 6.40. The molecule has 0 fully saturated rings. The molecule has 3 N–H and O–H groups in total. The van der Waals surface area contributed by atoms with E-state index in [0.717, 1.165) is 19.3 Å². The molecule has 0 unspecified atom stereocenters. The first kappa shape index (κ1) is 12.9. The Morgan fingerprint density at radius 3 is 2.29 bits per heavy atom. The topological polar surface area (TPSA) is 72.2 Å². The summed E-state index contributed by atoms with van der Waals surface area (Å²) < 4.78 is 0. The van der Waals surface area contributed by atoms with E-state index in [1.54, 1.807) is 0 Å². The molecular weight excluding hydrogens is 180 g/mol. The largest absolute Gasteiger partial charge is 0.351 e. The van der Waals surface area contributed by atoms with Crippen LogP contribution in [0.15, 0.2) is 0 Å². The number of primary amides is 1. The standard InChI is InChI=1S/C10H20N2O2/c1-4-6-7(3)8(5-2)9(13)12-10(11)14/h7-8H,4-6H2,1-3H3,(H3,11,12,13,14)/t7-,8+/m1/s1. The van der Waals surface area contributed by atoms with Crippen molar-refractivity contribution in [2.45, 2.75) is 40.0 Å². The number of carbonyl (C=O) groups is 2. The minimum Gasteiger partial charge on any atom is -0.351 e. The Kier molecular flexibility index (Phi) is 5.92. The molecule has 0 aromatic heterocycles. The van der Waals surface area contributed by atoms with Gasteiger partial charge in [-0.1, -0.05) is 33.6 Å². The molecule has 82 valence electrons. The van der Waals surface area contributed by atoms with Gasteiger partial charge in [0.2, 0.25) is 5.91 Å². The fourth-order valence-corrected chi connectivity index (χ4v) is 1.72. The molecular formula is C10H20N2O2. The molecule has 0 aliphatic rings. The Balaban J connectivity index is 4.24. The molecule has 4 nitrogen and oxygen atoms in total. The van der Waals surface area contributed by atoms with Crippen LogP contribution < -0.4 is 11.1 Å². The van der Waals surface area contributed by atoms with Crippen LogP contribution in [0.5, 0.6) is 0 Å². The monoisotopic (exact) mass is 200 g/mol. The second-order valence-corrected chi connectivity index (χ2v) is 3.63. The lowest BCUT2D eigenvalue weighted by Crippen LogP contribution is -2.40. The summed E-state index contributed by atoms with van der Waals surface area (Å²) in [4.78, 5) is 22.0. The second-order valence-electron chi connectivity index (χ2n) is 3.63. The maximum absolute atomic E-state index is 11.5. The van der Waals surface area contributed by atoms with E-state index in [9.17, 15) is 9.59 Å². The van der Waals surface area contributed by atoms with Crippen molar-refractivity contribution in [2.24, 2.45) is 17.6 Å². The average molecular weight is 200 g/mol. The molecule has 0 spiro atoms. The number of rotatable bonds is 5. The molecule has 0 bridgehead atoms. The van der Waals surface area contributed by atoms with Crippen LogP contribution in [-0.4, -0.2) is 11.9 Å². The van der Waals surface area contributed by atoms with Crippen molar-refractivity contribution in [1.29, 1.82) is 0 Å². The Morgan fingerprint density at radius 2 is 1.93 bits per heavy atom. The van der Waals surface area contributed by atoms with Crippen molar-refractivity contribution >= 4 is 11.9 Å². The van der Waals surface area contributed by atoms with Crippen molar-refractivity contribution in [3.05, 3.63) is 0 Å². The fraction of sp³-hybridized carbons (Fsp3) is 0.800. The van der Waals surface area contributed by atoms with Gasteiger partial charge in [0.1, 0.15) is 0 Å². The summed E-state index contributed by atoms with van der Waals surface area (Å²) in [7, 11) is 0. The highest BCUT2D eigenvalue weighted by atomic mass is 16.2. The minimum atomic E-state index is -0.767. The quantitative estimate of drug-likeness (QED) is 0.708. The van der Waals surface area contributed by atoms with E-state index in [-0.39, 0.29) is 11.8 Å². The molecule has 0 rings (SSSR count). The SMILES string of the molecule is CCC[C@@H](C)[C@H](CC)C(=O)NC(N)=O. The molecule has 2 atom stereocenters. The zero-order valence-corrected chi connectivity index (χ0v) is 9.17. The number of nitrogens with two attached hydrogens (primary N) is 1. The van der Waals surface area contributed by atoms with E-state index in [1.165, 1.54) is 0 Å². The normalized spacial score (nSPS) is 14.5. The molecule has 0 aromatic carbocycles. The molecule has 0 aromatic rings. The number of carbonyl (C=O) groups excluding carboxylic acids is 2. The van der Waals surface area contributed by atoms with Gasteiger partial charge >= 0.3 is 6.03 Å². The Hall–Kier alpha value is -1.06. The first-order chi connectivity index (χ1) is 6.52. The fourth-order valence-electron chi connectivity index (χ4n) is 1.72. The maximum Gasteiger partial charge on any atom is 0.318 e. The summed E-state index contributed by atoms with van der Waals surface area (Å²) in [5.41, 5.74) is 4.89. The summed E-state index contributed by atoms with van der Waals surface area (Å²) in [6.07, 6.45) is 2.77. The molecule has 3 amide bonds. The van der Waals surface area contributed by atoms with Crippen LogP contribution >= 0.6 is 0 Å². The summed E-state index contributed by atoms with van der Waals surface area (Å²) >= 11 is 0. The predicted molar refractivity (Wildman–Crippen MR) is 55.6 cm³/mol. The zero-order valence-electron chi connectivity index (χ0n) is 9.17. The average Bonchev–Trinajstić information content (AvgIpc) is 2.04. The van der Waals surface area contributed by atoms with Crippen LogP contribution in [0.4, 0.5) is 4.79 Å². The third-order valence-corrected chi connectivity index (χ3v) is 2.45. The number of nitrogens with one attached hydrogen (secondary N) is 1. The molecule has 4 heteroatoms. The third kappa shape index (κ3) is 4.25. The van der Waals surface area contributed by atoms with E-state index in [2.05, 4.69) is 12.2 Å². The van der Waals surface area contributed by atoms with Gasteiger partial charge in [0, 0.05) is 5.92 Å². The van der Waals surface area contributed by atoms with Gasteiger partial charge in [-0.3, -0.25) is 10.1 Å². The van der Waals surface area contributed by atoms with Crippen molar-refractivity contribution < 1.29 is 9.59 Å². The number of urea groups is 1. The van der Waals surface area contributed by atoms with Gasteiger partial charge in [0.15, 0.2) is 0 Å². The van der Waals surface area contributed by atoms with Crippen molar-refractivity contribution in [1.82, 2.24) is 5.32 Å². The van der Waals surface area contributed by atoms with Gasteiger partial charge in [-0.25, -0.2) is 4.79 Å². The van der Waals surface area contributed by atoms with Crippen molar-refractivity contribution in [2.75, 3.05) is 0 Å². The summed E-state index contributed by atoms with van der Waals surface area (Å²) in [6.45, 7) is 6.05. The van der Waals surface area contributed by atoms with Crippen LogP contribution in [0.1, 0.15) is 40.0 Å².